The van der Waals surface area contributed by atoms with E-state index in [1.165, 1.54) is 6.20 Å². The van der Waals surface area contributed by atoms with Gasteiger partial charge in [-0.05, 0) is 31.2 Å². The maximum atomic E-state index is 8.83. The molecule has 4 nitrogen and oxygen atoms in total. The summed E-state index contributed by atoms with van der Waals surface area (Å²) >= 11 is 0. The maximum absolute atomic E-state index is 8.83. The molecule has 0 aromatic carbocycles. The Morgan fingerprint density at radius 1 is 1.39 bits per heavy atom. The molecule has 0 spiro atoms. The fourth-order valence-corrected chi connectivity index (χ4v) is 1.65. The largest absolute Gasteiger partial charge is 0.460 e. The van der Waals surface area contributed by atoms with Crippen LogP contribution in [-0.2, 0) is 6.54 Å². The molecule has 0 atom stereocenters. The fourth-order valence-electron chi connectivity index (χ4n) is 1.65. The van der Waals surface area contributed by atoms with Crippen molar-refractivity contribution in [1.29, 1.82) is 5.26 Å². The third-order valence-corrected chi connectivity index (χ3v) is 2.54. The smallest absolute Gasteiger partial charge is 0.135 e. The van der Waals surface area contributed by atoms with E-state index in [0.29, 0.717) is 5.56 Å². The van der Waals surface area contributed by atoms with Crippen molar-refractivity contribution in [3.05, 3.63) is 41.9 Å². The molecule has 92 valence electrons. The van der Waals surface area contributed by atoms with Crippen LogP contribution in [0, 0.1) is 11.3 Å². The normalized spacial score (nSPS) is 10.2. The predicted molar refractivity (Wildman–Crippen MR) is 68.7 cm³/mol. The van der Waals surface area contributed by atoms with E-state index in [2.05, 4.69) is 23.3 Å². The second-order valence-electron chi connectivity index (χ2n) is 4.02. The summed E-state index contributed by atoms with van der Waals surface area (Å²) in [4.78, 5) is 4.02. The Kier molecular flexibility index (Phi) is 4.11. The second kappa shape index (κ2) is 5.99. The molecule has 0 aliphatic carbocycles. The molecule has 18 heavy (non-hydrogen) atoms. The monoisotopic (exact) mass is 241 g/mol. The number of pyridine rings is 1. The van der Waals surface area contributed by atoms with E-state index in [1.54, 1.807) is 12.3 Å². The number of nitriles is 1. The fraction of sp³-hybridized carbons (Fsp3) is 0.286. The molecule has 2 rings (SSSR count). The lowest BCUT2D eigenvalue weighted by atomic mass is 10.2. The van der Waals surface area contributed by atoms with Crippen LogP contribution in [0.15, 0.2) is 35.0 Å². The topological polar surface area (TPSA) is 61.9 Å². The highest BCUT2D eigenvalue weighted by Gasteiger charge is 2.05. The van der Waals surface area contributed by atoms with E-state index in [1.807, 2.05) is 12.1 Å². The van der Waals surface area contributed by atoms with Crippen molar-refractivity contribution in [3.63, 3.8) is 0 Å². The van der Waals surface area contributed by atoms with Crippen molar-refractivity contribution in [1.82, 2.24) is 10.3 Å². The third-order valence-electron chi connectivity index (χ3n) is 2.54. The van der Waals surface area contributed by atoms with Gasteiger partial charge in [0.15, 0.2) is 0 Å². The highest BCUT2D eigenvalue weighted by Crippen LogP contribution is 2.22. The quantitative estimate of drug-likeness (QED) is 0.817. The molecule has 0 bridgehead atoms. The van der Waals surface area contributed by atoms with Crippen LogP contribution < -0.4 is 5.32 Å². The van der Waals surface area contributed by atoms with Gasteiger partial charge in [0.05, 0.1) is 12.1 Å². The zero-order valence-corrected chi connectivity index (χ0v) is 10.3. The molecule has 2 aromatic heterocycles. The van der Waals surface area contributed by atoms with Crippen molar-refractivity contribution in [2.75, 3.05) is 6.54 Å². The van der Waals surface area contributed by atoms with Gasteiger partial charge in [0.25, 0.3) is 0 Å². The second-order valence-corrected chi connectivity index (χ2v) is 4.02. The first kappa shape index (κ1) is 12.3. The molecule has 0 saturated heterocycles. The number of nitrogens with zero attached hydrogens (tertiary/aromatic N) is 2. The number of furan rings is 1. The molecule has 0 fully saturated rings. The van der Waals surface area contributed by atoms with Crippen LogP contribution in [0.5, 0.6) is 0 Å². The molecular formula is C14H15N3O. The highest BCUT2D eigenvalue weighted by molar-refractivity contribution is 5.58. The van der Waals surface area contributed by atoms with Gasteiger partial charge in [-0.15, -0.1) is 0 Å². The minimum atomic E-state index is 0.537. The first-order valence-electron chi connectivity index (χ1n) is 5.98. The summed E-state index contributed by atoms with van der Waals surface area (Å²) in [7, 11) is 0. The van der Waals surface area contributed by atoms with Crippen LogP contribution >= 0.6 is 0 Å². The number of aromatic nitrogens is 1. The standard InChI is InChI=1S/C14H15N3O/c1-2-5-16-10-13-3-4-14(18-13)12-6-11(7-15)8-17-9-12/h3-4,6,8-9,16H,2,5,10H2,1H3. The molecule has 0 aliphatic rings. The van der Waals surface area contributed by atoms with Crippen molar-refractivity contribution in [2.24, 2.45) is 0 Å². The summed E-state index contributed by atoms with van der Waals surface area (Å²) in [5.41, 5.74) is 1.37. The summed E-state index contributed by atoms with van der Waals surface area (Å²) in [6.07, 6.45) is 4.33. The Morgan fingerprint density at radius 3 is 3.06 bits per heavy atom. The molecule has 0 saturated carbocycles. The molecule has 0 aliphatic heterocycles. The summed E-state index contributed by atoms with van der Waals surface area (Å²) in [6, 6.07) is 7.69. The average Bonchev–Trinajstić information content (AvgIpc) is 2.88. The van der Waals surface area contributed by atoms with E-state index >= 15 is 0 Å². The zero-order chi connectivity index (χ0) is 12.8. The van der Waals surface area contributed by atoms with Crippen molar-refractivity contribution >= 4 is 0 Å². The molecule has 0 amide bonds. The van der Waals surface area contributed by atoms with Gasteiger partial charge in [-0.1, -0.05) is 6.92 Å². The van der Waals surface area contributed by atoms with Crippen LogP contribution in [0.25, 0.3) is 11.3 Å². The summed E-state index contributed by atoms with van der Waals surface area (Å²) < 4.78 is 5.70. The first-order valence-corrected chi connectivity index (χ1v) is 5.98. The van der Waals surface area contributed by atoms with E-state index in [-0.39, 0.29) is 0 Å². The van der Waals surface area contributed by atoms with Crippen LogP contribution in [0.4, 0.5) is 0 Å². The van der Waals surface area contributed by atoms with Gasteiger partial charge in [0, 0.05) is 18.0 Å². The SMILES string of the molecule is CCCNCc1ccc(-c2cncc(C#N)c2)o1. The zero-order valence-electron chi connectivity index (χ0n) is 10.3. The molecular weight excluding hydrogens is 226 g/mol. The van der Waals surface area contributed by atoms with Gasteiger partial charge in [-0.2, -0.15) is 5.26 Å². The molecule has 2 heterocycles. The lowest BCUT2D eigenvalue weighted by Crippen LogP contribution is -2.12. The molecule has 4 heteroatoms. The lowest BCUT2D eigenvalue weighted by molar-refractivity contribution is 0.493. The minimum Gasteiger partial charge on any atom is -0.460 e. The van der Waals surface area contributed by atoms with E-state index in [0.717, 1.165) is 36.6 Å². The van der Waals surface area contributed by atoms with Gasteiger partial charge < -0.3 is 9.73 Å². The number of nitrogens with one attached hydrogen (secondary N) is 1. The molecule has 0 radical (unpaired) electrons. The number of hydrogen-bond donors (Lipinski definition) is 1. The highest BCUT2D eigenvalue weighted by atomic mass is 16.3. The van der Waals surface area contributed by atoms with E-state index in [9.17, 15) is 0 Å². The van der Waals surface area contributed by atoms with Crippen LogP contribution in [0.1, 0.15) is 24.7 Å². The lowest BCUT2D eigenvalue weighted by Gasteiger charge is -2.00. The van der Waals surface area contributed by atoms with E-state index in [4.69, 9.17) is 9.68 Å². The number of hydrogen-bond acceptors (Lipinski definition) is 4. The maximum Gasteiger partial charge on any atom is 0.135 e. The average molecular weight is 241 g/mol. The van der Waals surface area contributed by atoms with Gasteiger partial charge in [0.1, 0.15) is 17.6 Å². The Bertz CT molecular complexity index is 554. The van der Waals surface area contributed by atoms with Gasteiger partial charge in [-0.3, -0.25) is 4.98 Å². The van der Waals surface area contributed by atoms with Crippen molar-refractivity contribution in [2.45, 2.75) is 19.9 Å². The van der Waals surface area contributed by atoms with Crippen molar-refractivity contribution in [3.8, 4) is 17.4 Å². The van der Waals surface area contributed by atoms with Gasteiger partial charge in [-0.25, -0.2) is 0 Å². The molecule has 2 aromatic rings. The third kappa shape index (κ3) is 2.96. The number of rotatable bonds is 5. The Balaban J connectivity index is 2.11. The van der Waals surface area contributed by atoms with Crippen LogP contribution in [-0.4, -0.2) is 11.5 Å². The molecule has 1 N–H and O–H groups in total. The summed E-state index contributed by atoms with van der Waals surface area (Å²) in [5, 5.41) is 12.1. The first-order chi connectivity index (χ1) is 8.83. The van der Waals surface area contributed by atoms with Gasteiger partial charge >= 0.3 is 0 Å². The van der Waals surface area contributed by atoms with Crippen LogP contribution in [0.3, 0.4) is 0 Å². The van der Waals surface area contributed by atoms with E-state index < -0.39 is 0 Å². The molecule has 0 unspecified atom stereocenters. The summed E-state index contributed by atoms with van der Waals surface area (Å²) in [5.74, 6) is 1.63. The van der Waals surface area contributed by atoms with Gasteiger partial charge in [0.2, 0.25) is 0 Å². The van der Waals surface area contributed by atoms with Crippen LogP contribution in [0.2, 0.25) is 0 Å². The Hall–Kier alpha value is -2.12. The predicted octanol–water partition coefficient (Wildman–Crippen LogP) is 2.71. The Labute approximate surface area is 106 Å². The van der Waals surface area contributed by atoms with Crippen molar-refractivity contribution < 1.29 is 4.42 Å². The Morgan fingerprint density at radius 2 is 2.28 bits per heavy atom. The minimum absolute atomic E-state index is 0.537. The summed E-state index contributed by atoms with van der Waals surface area (Å²) in [6.45, 7) is 3.82.